The van der Waals surface area contributed by atoms with E-state index in [0.29, 0.717) is 12.5 Å². The van der Waals surface area contributed by atoms with Gasteiger partial charge in [0, 0.05) is 32.4 Å². The standard InChI is InChI=1S/C11H19N3O/c1-14-8-10(2-5-12)11(13-14)9-3-6-15-7-4-9/h8-9H,2-7,12H2,1H3. The fraction of sp³-hybridized carbons (Fsp3) is 0.727. The number of hydrogen-bond acceptors (Lipinski definition) is 3. The Morgan fingerprint density at radius 2 is 2.27 bits per heavy atom. The third-order valence-corrected chi connectivity index (χ3v) is 2.96. The van der Waals surface area contributed by atoms with Gasteiger partial charge in [-0.3, -0.25) is 4.68 Å². The monoisotopic (exact) mass is 209 g/mol. The smallest absolute Gasteiger partial charge is 0.0689 e. The summed E-state index contributed by atoms with van der Waals surface area (Å²) in [5, 5.41) is 4.56. The summed E-state index contributed by atoms with van der Waals surface area (Å²) in [6, 6.07) is 0. The van der Waals surface area contributed by atoms with Crippen LogP contribution in [0.25, 0.3) is 0 Å². The quantitative estimate of drug-likeness (QED) is 0.801. The zero-order valence-corrected chi connectivity index (χ0v) is 9.28. The van der Waals surface area contributed by atoms with E-state index in [9.17, 15) is 0 Å². The Morgan fingerprint density at radius 1 is 1.53 bits per heavy atom. The second-order valence-electron chi connectivity index (χ2n) is 4.14. The first-order chi connectivity index (χ1) is 7.31. The summed E-state index contributed by atoms with van der Waals surface area (Å²) in [6.45, 7) is 2.43. The maximum Gasteiger partial charge on any atom is 0.0689 e. The van der Waals surface area contributed by atoms with Crippen LogP contribution in [-0.4, -0.2) is 29.5 Å². The van der Waals surface area contributed by atoms with Gasteiger partial charge in [0.05, 0.1) is 5.69 Å². The van der Waals surface area contributed by atoms with Crippen LogP contribution in [0.5, 0.6) is 0 Å². The fourth-order valence-corrected chi connectivity index (χ4v) is 2.22. The van der Waals surface area contributed by atoms with Crippen LogP contribution < -0.4 is 5.73 Å². The lowest BCUT2D eigenvalue weighted by Gasteiger charge is -2.21. The van der Waals surface area contributed by atoms with Crippen LogP contribution in [0.2, 0.25) is 0 Å². The van der Waals surface area contributed by atoms with Crippen molar-refractivity contribution in [3.8, 4) is 0 Å². The highest BCUT2D eigenvalue weighted by molar-refractivity contribution is 5.22. The van der Waals surface area contributed by atoms with Crippen molar-refractivity contribution in [1.29, 1.82) is 0 Å². The zero-order valence-electron chi connectivity index (χ0n) is 9.28. The predicted molar refractivity (Wildman–Crippen MR) is 58.8 cm³/mol. The van der Waals surface area contributed by atoms with Crippen molar-refractivity contribution in [3.63, 3.8) is 0 Å². The summed E-state index contributed by atoms with van der Waals surface area (Å²) in [6.07, 6.45) is 5.21. The molecule has 0 saturated carbocycles. The number of rotatable bonds is 3. The average Bonchev–Trinajstić information content (AvgIpc) is 2.62. The third-order valence-electron chi connectivity index (χ3n) is 2.96. The van der Waals surface area contributed by atoms with Crippen LogP contribution >= 0.6 is 0 Å². The van der Waals surface area contributed by atoms with Gasteiger partial charge in [0.25, 0.3) is 0 Å². The maximum atomic E-state index is 5.61. The van der Waals surface area contributed by atoms with Crippen molar-refractivity contribution >= 4 is 0 Å². The molecule has 0 radical (unpaired) electrons. The molecule has 2 heterocycles. The number of aryl methyl sites for hydroxylation is 1. The van der Waals surface area contributed by atoms with Gasteiger partial charge in [-0.2, -0.15) is 5.10 Å². The van der Waals surface area contributed by atoms with E-state index < -0.39 is 0 Å². The lowest BCUT2D eigenvalue weighted by atomic mass is 9.93. The van der Waals surface area contributed by atoms with Crippen molar-refractivity contribution in [1.82, 2.24) is 9.78 Å². The Kier molecular flexibility index (Phi) is 3.38. The van der Waals surface area contributed by atoms with Gasteiger partial charge >= 0.3 is 0 Å². The lowest BCUT2D eigenvalue weighted by molar-refractivity contribution is 0.0842. The van der Waals surface area contributed by atoms with E-state index in [0.717, 1.165) is 32.5 Å². The van der Waals surface area contributed by atoms with Crippen LogP contribution in [0.4, 0.5) is 0 Å². The Bertz CT molecular complexity index is 316. The van der Waals surface area contributed by atoms with E-state index in [2.05, 4.69) is 11.3 Å². The topological polar surface area (TPSA) is 53.1 Å². The Hall–Kier alpha value is -0.870. The minimum atomic E-state index is 0.571. The van der Waals surface area contributed by atoms with Crippen molar-refractivity contribution in [2.75, 3.05) is 19.8 Å². The molecular weight excluding hydrogens is 190 g/mol. The van der Waals surface area contributed by atoms with Crippen molar-refractivity contribution in [2.45, 2.75) is 25.2 Å². The molecule has 1 fully saturated rings. The Balaban J connectivity index is 2.17. The molecule has 1 aromatic rings. The van der Waals surface area contributed by atoms with Crippen molar-refractivity contribution < 1.29 is 4.74 Å². The van der Waals surface area contributed by atoms with E-state index in [4.69, 9.17) is 10.5 Å². The van der Waals surface area contributed by atoms with Gasteiger partial charge in [0.2, 0.25) is 0 Å². The van der Waals surface area contributed by atoms with Gasteiger partial charge in [0.15, 0.2) is 0 Å². The second-order valence-corrected chi connectivity index (χ2v) is 4.14. The molecule has 0 bridgehead atoms. The highest BCUT2D eigenvalue weighted by atomic mass is 16.5. The van der Waals surface area contributed by atoms with Gasteiger partial charge in [-0.1, -0.05) is 0 Å². The molecule has 0 atom stereocenters. The van der Waals surface area contributed by atoms with Crippen molar-refractivity contribution in [2.24, 2.45) is 12.8 Å². The minimum Gasteiger partial charge on any atom is -0.381 e. The number of nitrogens with zero attached hydrogens (tertiary/aromatic N) is 2. The van der Waals surface area contributed by atoms with Gasteiger partial charge in [-0.15, -0.1) is 0 Å². The summed E-state index contributed by atoms with van der Waals surface area (Å²) >= 11 is 0. The third kappa shape index (κ3) is 2.38. The van der Waals surface area contributed by atoms with E-state index in [1.165, 1.54) is 11.3 Å². The molecule has 15 heavy (non-hydrogen) atoms. The molecule has 4 nitrogen and oxygen atoms in total. The molecule has 1 aliphatic rings. The molecule has 0 aromatic carbocycles. The molecule has 0 unspecified atom stereocenters. The van der Waals surface area contributed by atoms with Crippen LogP contribution in [0.1, 0.15) is 30.0 Å². The molecule has 1 aliphatic heterocycles. The highest BCUT2D eigenvalue weighted by Crippen LogP contribution is 2.28. The zero-order chi connectivity index (χ0) is 10.7. The Morgan fingerprint density at radius 3 is 2.93 bits per heavy atom. The summed E-state index contributed by atoms with van der Waals surface area (Å²) < 4.78 is 7.27. The van der Waals surface area contributed by atoms with E-state index in [-0.39, 0.29) is 0 Å². The lowest BCUT2D eigenvalue weighted by Crippen LogP contribution is -2.16. The molecule has 1 aromatic heterocycles. The summed E-state index contributed by atoms with van der Waals surface area (Å²) in [5.41, 5.74) is 8.16. The summed E-state index contributed by atoms with van der Waals surface area (Å²) in [5.74, 6) is 0.571. The largest absolute Gasteiger partial charge is 0.381 e. The fourth-order valence-electron chi connectivity index (χ4n) is 2.22. The summed E-state index contributed by atoms with van der Waals surface area (Å²) in [7, 11) is 1.98. The molecular formula is C11H19N3O. The number of aromatic nitrogens is 2. The number of hydrogen-bond donors (Lipinski definition) is 1. The van der Waals surface area contributed by atoms with Crippen molar-refractivity contribution in [3.05, 3.63) is 17.5 Å². The SMILES string of the molecule is Cn1cc(CCN)c(C2CCOCC2)n1. The maximum absolute atomic E-state index is 5.61. The normalized spacial score (nSPS) is 18.3. The summed E-state index contributed by atoms with van der Waals surface area (Å²) in [4.78, 5) is 0. The van der Waals surface area contributed by atoms with Crippen LogP contribution in [-0.2, 0) is 18.2 Å². The van der Waals surface area contributed by atoms with Gasteiger partial charge in [0.1, 0.15) is 0 Å². The molecule has 2 N–H and O–H groups in total. The first-order valence-electron chi connectivity index (χ1n) is 5.61. The number of ether oxygens (including phenoxy) is 1. The van der Waals surface area contributed by atoms with Gasteiger partial charge in [-0.25, -0.2) is 0 Å². The molecule has 4 heteroatoms. The minimum absolute atomic E-state index is 0.571. The van der Waals surface area contributed by atoms with Crippen LogP contribution in [0, 0.1) is 0 Å². The molecule has 84 valence electrons. The Labute approximate surface area is 90.4 Å². The van der Waals surface area contributed by atoms with Gasteiger partial charge in [-0.05, 0) is 31.4 Å². The molecule has 0 aliphatic carbocycles. The van der Waals surface area contributed by atoms with Crippen LogP contribution in [0.15, 0.2) is 6.20 Å². The first-order valence-corrected chi connectivity index (χ1v) is 5.61. The molecule has 2 rings (SSSR count). The average molecular weight is 209 g/mol. The second kappa shape index (κ2) is 4.77. The van der Waals surface area contributed by atoms with E-state index in [1.807, 2.05) is 11.7 Å². The predicted octanol–water partition coefficient (Wildman–Crippen LogP) is 0.815. The van der Waals surface area contributed by atoms with E-state index >= 15 is 0 Å². The molecule has 0 amide bonds. The highest BCUT2D eigenvalue weighted by Gasteiger charge is 2.21. The molecule has 1 saturated heterocycles. The van der Waals surface area contributed by atoms with E-state index in [1.54, 1.807) is 0 Å². The molecule has 0 spiro atoms. The first kappa shape index (κ1) is 10.6. The van der Waals surface area contributed by atoms with Crippen LogP contribution in [0.3, 0.4) is 0 Å². The number of nitrogens with two attached hydrogens (primary N) is 1. The van der Waals surface area contributed by atoms with Gasteiger partial charge < -0.3 is 10.5 Å².